The molecule has 0 bridgehead atoms. The monoisotopic (exact) mass is 203 g/mol. The van der Waals surface area contributed by atoms with E-state index in [1.807, 2.05) is 6.92 Å². The van der Waals surface area contributed by atoms with Crippen LogP contribution in [-0.2, 0) is 14.3 Å². The fourth-order valence-electron chi connectivity index (χ4n) is 0.821. The normalized spacial score (nSPS) is 14.5. The van der Waals surface area contributed by atoms with Gasteiger partial charge in [-0.05, 0) is 12.8 Å². The Morgan fingerprint density at radius 3 is 2.36 bits per heavy atom. The summed E-state index contributed by atoms with van der Waals surface area (Å²) in [4.78, 5) is 22.0. The van der Waals surface area contributed by atoms with Crippen molar-refractivity contribution >= 4 is 11.9 Å². The molecule has 0 aliphatic carbocycles. The van der Waals surface area contributed by atoms with Gasteiger partial charge in [0.15, 0.2) is 0 Å². The molecular weight excluding hydrogens is 186 g/mol. The van der Waals surface area contributed by atoms with Crippen LogP contribution in [0.3, 0.4) is 0 Å². The van der Waals surface area contributed by atoms with E-state index in [4.69, 9.17) is 15.6 Å². The molecule has 0 amide bonds. The van der Waals surface area contributed by atoms with Gasteiger partial charge < -0.3 is 15.6 Å². The van der Waals surface area contributed by atoms with Crippen LogP contribution in [0.4, 0.5) is 0 Å². The predicted molar refractivity (Wildman–Crippen MR) is 50.7 cm³/mol. The van der Waals surface area contributed by atoms with Crippen molar-refractivity contribution in [3.05, 3.63) is 0 Å². The second kappa shape index (κ2) is 5.59. The number of unbranched alkanes of at least 4 members (excludes halogenated alkanes) is 1. The van der Waals surface area contributed by atoms with Crippen LogP contribution in [0.25, 0.3) is 0 Å². The molecule has 0 saturated heterocycles. The van der Waals surface area contributed by atoms with E-state index in [1.54, 1.807) is 0 Å². The lowest BCUT2D eigenvalue weighted by atomic mass is 9.98. The van der Waals surface area contributed by atoms with E-state index < -0.39 is 17.5 Å². The number of esters is 1. The van der Waals surface area contributed by atoms with E-state index in [1.165, 1.54) is 6.92 Å². The lowest BCUT2D eigenvalue weighted by molar-refractivity contribution is -0.161. The highest BCUT2D eigenvalue weighted by molar-refractivity contribution is 6.03. The summed E-state index contributed by atoms with van der Waals surface area (Å²) < 4.78 is 4.76. The molecule has 0 saturated carbocycles. The first-order chi connectivity index (χ1) is 6.49. The average Bonchev–Trinajstić information content (AvgIpc) is 2.16. The van der Waals surface area contributed by atoms with Gasteiger partial charge in [0.05, 0.1) is 6.61 Å². The smallest absolute Gasteiger partial charge is 0.337 e. The SMILES string of the molecule is CCCCOC(=O)[C@](N)(CC)C(=O)O. The molecule has 0 fully saturated rings. The highest BCUT2D eigenvalue weighted by atomic mass is 16.5. The zero-order valence-electron chi connectivity index (χ0n) is 8.58. The number of hydrogen-bond donors (Lipinski definition) is 2. The van der Waals surface area contributed by atoms with Gasteiger partial charge in [-0.15, -0.1) is 0 Å². The first-order valence-electron chi connectivity index (χ1n) is 4.68. The third kappa shape index (κ3) is 2.99. The maximum absolute atomic E-state index is 11.3. The molecule has 3 N–H and O–H groups in total. The topological polar surface area (TPSA) is 89.6 Å². The van der Waals surface area contributed by atoms with Gasteiger partial charge in [-0.2, -0.15) is 0 Å². The minimum Gasteiger partial charge on any atom is -0.479 e. The molecule has 5 nitrogen and oxygen atoms in total. The van der Waals surface area contributed by atoms with Crippen LogP contribution in [0, 0.1) is 0 Å². The van der Waals surface area contributed by atoms with Crippen LogP contribution in [0.5, 0.6) is 0 Å². The van der Waals surface area contributed by atoms with E-state index in [0.29, 0.717) is 6.42 Å². The summed E-state index contributed by atoms with van der Waals surface area (Å²) in [6, 6.07) is 0. The van der Waals surface area contributed by atoms with Gasteiger partial charge in [0.1, 0.15) is 0 Å². The van der Waals surface area contributed by atoms with Gasteiger partial charge >= 0.3 is 11.9 Å². The summed E-state index contributed by atoms with van der Waals surface area (Å²) in [5, 5.41) is 8.73. The van der Waals surface area contributed by atoms with Gasteiger partial charge in [-0.3, -0.25) is 0 Å². The van der Waals surface area contributed by atoms with E-state index in [2.05, 4.69) is 0 Å². The van der Waals surface area contributed by atoms with Crippen LogP contribution in [0.1, 0.15) is 33.1 Å². The van der Waals surface area contributed by atoms with E-state index in [0.717, 1.165) is 6.42 Å². The van der Waals surface area contributed by atoms with E-state index in [9.17, 15) is 9.59 Å². The van der Waals surface area contributed by atoms with Crippen LogP contribution in [-0.4, -0.2) is 29.2 Å². The Bertz CT molecular complexity index is 217. The van der Waals surface area contributed by atoms with Gasteiger partial charge in [0.25, 0.3) is 0 Å². The molecule has 0 radical (unpaired) electrons. The van der Waals surface area contributed by atoms with Crippen LogP contribution < -0.4 is 5.73 Å². The van der Waals surface area contributed by atoms with Crippen molar-refractivity contribution < 1.29 is 19.4 Å². The first kappa shape index (κ1) is 12.9. The zero-order chi connectivity index (χ0) is 11.2. The number of hydrogen-bond acceptors (Lipinski definition) is 4. The van der Waals surface area contributed by atoms with Gasteiger partial charge in [0, 0.05) is 0 Å². The Kier molecular flexibility index (Phi) is 5.15. The lowest BCUT2D eigenvalue weighted by Gasteiger charge is -2.20. The third-order valence-electron chi connectivity index (χ3n) is 2.03. The number of carboxylic acid groups (broad SMARTS) is 1. The minimum absolute atomic E-state index is 0.0211. The Morgan fingerprint density at radius 1 is 1.43 bits per heavy atom. The summed E-state index contributed by atoms with van der Waals surface area (Å²) in [6.07, 6.45) is 1.61. The lowest BCUT2D eigenvalue weighted by Crippen LogP contribution is -2.55. The number of carbonyl (C=O) groups excluding carboxylic acids is 1. The summed E-state index contributed by atoms with van der Waals surface area (Å²) >= 11 is 0. The van der Waals surface area contributed by atoms with Gasteiger partial charge in [0.2, 0.25) is 5.54 Å². The fraction of sp³-hybridized carbons (Fsp3) is 0.778. The van der Waals surface area contributed by atoms with Crippen LogP contribution >= 0.6 is 0 Å². The molecule has 5 heteroatoms. The molecule has 0 aromatic rings. The first-order valence-corrected chi connectivity index (χ1v) is 4.68. The molecule has 0 aliphatic rings. The van der Waals surface area contributed by atoms with Crippen molar-refractivity contribution in [1.29, 1.82) is 0 Å². The third-order valence-corrected chi connectivity index (χ3v) is 2.03. The number of carboxylic acids is 1. The van der Waals surface area contributed by atoms with Crippen molar-refractivity contribution in [3.8, 4) is 0 Å². The molecule has 0 rings (SSSR count). The van der Waals surface area contributed by atoms with Gasteiger partial charge in [-0.1, -0.05) is 20.3 Å². The second-order valence-electron chi connectivity index (χ2n) is 3.12. The molecule has 0 heterocycles. The number of carbonyl (C=O) groups is 2. The quantitative estimate of drug-likeness (QED) is 0.373. The number of aliphatic carboxylic acids is 1. The van der Waals surface area contributed by atoms with E-state index >= 15 is 0 Å². The highest BCUT2D eigenvalue weighted by Gasteiger charge is 2.42. The molecule has 0 aromatic carbocycles. The highest BCUT2D eigenvalue weighted by Crippen LogP contribution is 2.09. The van der Waals surface area contributed by atoms with Crippen molar-refractivity contribution in [3.63, 3.8) is 0 Å². The van der Waals surface area contributed by atoms with Crippen molar-refractivity contribution in [2.75, 3.05) is 6.61 Å². The van der Waals surface area contributed by atoms with Crippen LogP contribution in [0.15, 0.2) is 0 Å². The molecule has 82 valence electrons. The average molecular weight is 203 g/mol. The molecular formula is C9H17NO4. The molecule has 0 aromatic heterocycles. The summed E-state index contributed by atoms with van der Waals surface area (Å²) in [5.41, 5.74) is 3.50. The summed E-state index contributed by atoms with van der Waals surface area (Å²) in [6.45, 7) is 3.71. The van der Waals surface area contributed by atoms with Crippen molar-refractivity contribution in [2.24, 2.45) is 5.73 Å². The Labute approximate surface area is 83.2 Å². The Morgan fingerprint density at radius 2 is 2.00 bits per heavy atom. The number of ether oxygens (including phenoxy) is 1. The standard InChI is InChI=1S/C9H17NO4/c1-3-5-6-14-8(13)9(10,4-2)7(11)12/h3-6,10H2,1-2H3,(H,11,12)/t9-/m0/s1. The fourth-order valence-corrected chi connectivity index (χ4v) is 0.821. The molecule has 1 atom stereocenters. The molecule has 0 unspecified atom stereocenters. The minimum atomic E-state index is -1.90. The maximum Gasteiger partial charge on any atom is 0.337 e. The van der Waals surface area contributed by atoms with Crippen LogP contribution in [0.2, 0.25) is 0 Å². The molecule has 0 spiro atoms. The van der Waals surface area contributed by atoms with Gasteiger partial charge in [-0.25, -0.2) is 9.59 Å². The van der Waals surface area contributed by atoms with Crippen molar-refractivity contribution in [1.82, 2.24) is 0 Å². The predicted octanol–water partition coefficient (Wildman–Crippen LogP) is 0.522. The molecule has 0 aliphatic heterocycles. The van der Waals surface area contributed by atoms with E-state index in [-0.39, 0.29) is 13.0 Å². The number of rotatable bonds is 6. The Balaban J connectivity index is 4.25. The summed E-state index contributed by atoms with van der Waals surface area (Å²) in [5.74, 6) is -2.21. The summed E-state index contributed by atoms with van der Waals surface area (Å²) in [7, 11) is 0. The second-order valence-corrected chi connectivity index (χ2v) is 3.12. The largest absolute Gasteiger partial charge is 0.479 e. The van der Waals surface area contributed by atoms with Crippen molar-refractivity contribution in [2.45, 2.75) is 38.6 Å². The Hall–Kier alpha value is -1.10. The maximum atomic E-state index is 11.3. The number of nitrogens with two attached hydrogens (primary N) is 1. The molecule has 14 heavy (non-hydrogen) atoms. The zero-order valence-corrected chi connectivity index (χ0v) is 8.58.